The number of carbonyl (C=O) groups excluding carboxylic acids is 3. The molecule has 3 atom stereocenters. The van der Waals surface area contributed by atoms with Crippen molar-refractivity contribution < 1.29 is 29.0 Å². The van der Waals surface area contributed by atoms with E-state index in [1.165, 1.54) is 14.0 Å². The molecule has 3 N–H and O–H groups in total. The van der Waals surface area contributed by atoms with Gasteiger partial charge in [0.25, 0.3) is 0 Å². The van der Waals surface area contributed by atoms with Crippen molar-refractivity contribution in [3.05, 3.63) is 35.9 Å². The number of amides is 2. The predicted octanol–water partition coefficient (Wildman–Crippen LogP) is 1.01. The first-order valence-corrected chi connectivity index (χ1v) is 8.79. The molecule has 0 aliphatic heterocycles. The summed E-state index contributed by atoms with van der Waals surface area (Å²) in [5.74, 6) is -1.44. The summed E-state index contributed by atoms with van der Waals surface area (Å²) in [6, 6.07) is 8.59. The van der Waals surface area contributed by atoms with Crippen LogP contribution >= 0.6 is 0 Å². The van der Waals surface area contributed by atoms with Crippen LogP contribution in [0, 0.1) is 11.3 Å². The Bertz CT molecular complexity index is 687. The van der Waals surface area contributed by atoms with Crippen LogP contribution in [0.4, 0.5) is 4.79 Å². The van der Waals surface area contributed by atoms with Gasteiger partial charge in [-0.2, -0.15) is 5.26 Å². The number of carbonyl (C=O) groups is 3. The van der Waals surface area contributed by atoms with Crippen molar-refractivity contribution in [2.24, 2.45) is 0 Å². The molecule has 0 unspecified atom stereocenters. The van der Waals surface area contributed by atoms with Gasteiger partial charge in [-0.1, -0.05) is 30.3 Å². The molecule has 0 aliphatic rings. The van der Waals surface area contributed by atoms with Gasteiger partial charge in [-0.05, 0) is 25.3 Å². The Hall–Kier alpha value is -3.12. The molecule has 9 heteroatoms. The molecule has 152 valence electrons. The number of hydrogen-bond donors (Lipinski definition) is 3. The van der Waals surface area contributed by atoms with E-state index >= 15 is 0 Å². The smallest absolute Gasteiger partial charge is 0.408 e. The fraction of sp³-hybridized carbons (Fsp3) is 0.474. The van der Waals surface area contributed by atoms with E-state index in [9.17, 15) is 19.5 Å². The van der Waals surface area contributed by atoms with Crippen molar-refractivity contribution in [2.75, 3.05) is 7.11 Å². The number of methoxy groups -OCH3 is 1. The van der Waals surface area contributed by atoms with E-state index in [0.29, 0.717) is 6.42 Å². The molecule has 0 spiro atoms. The molecule has 0 saturated heterocycles. The van der Waals surface area contributed by atoms with Crippen LogP contribution in [0.2, 0.25) is 0 Å². The fourth-order valence-electron chi connectivity index (χ4n) is 2.33. The van der Waals surface area contributed by atoms with E-state index < -0.39 is 36.2 Å². The number of nitrogens with zero attached hydrogens (tertiary/aromatic N) is 1. The topological polar surface area (TPSA) is 138 Å². The van der Waals surface area contributed by atoms with E-state index in [-0.39, 0.29) is 19.4 Å². The number of nitriles is 1. The average Bonchev–Trinajstić information content (AvgIpc) is 2.69. The van der Waals surface area contributed by atoms with Gasteiger partial charge in [0.1, 0.15) is 18.7 Å². The van der Waals surface area contributed by atoms with Crippen LogP contribution < -0.4 is 10.6 Å². The van der Waals surface area contributed by atoms with Crippen LogP contribution in [0.15, 0.2) is 30.3 Å². The van der Waals surface area contributed by atoms with Crippen LogP contribution in [0.1, 0.15) is 31.7 Å². The Balaban J connectivity index is 2.66. The summed E-state index contributed by atoms with van der Waals surface area (Å²) in [6.45, 7) is 1.32. The van der Waals surface area contributed by atoms with E-state index in [2.05, 4.69) is 15.4 Å². The van der Waals surface area contributed by atoms with Crippen molar-refractivity contribution in [1.29, 1.82) is 5.26 Å². The molecule has 0 aliphatic carbocycles. The third-order valence-corrected chi connectivity index (χ3v) is 3.83. The van der Waals surface area contributed by atoms with Gasteiger partial charge in [-0.25, -0.2) is 9.59 Å². The first-order chi connectivity index (χ1) is 13.4. The zero-order valence-corrected chi connectivity index (χ0v) is 15.9. The summed E-state index contributed by atoms with van der Waals surface area (Å²) in [6.07, 6.45) is -1.34. The van der Waals surface area contributed by atoms with Crippen LogP contribution in [0.5, 0.6) is 0 Å². The maximum absolute atomic E-state index is 12.4. The van der Waals surface area contributed by atoms with E-state index in [1.807, 2.05) is 12.1 Å². The molecule has 0 bridgehead atoms. The minimum atomic E-state index is -1.33. The quantitative estimate of drug-likeness (QED) is 0.400. The highest BCUT2D eigenvalue weighted by Gasteiger charge is 2.30. The molecule has 0 heterocycles. The molecule has 0 radical (unpaired) electrons. The summed E-state index contributed by atoms with van der Waals surface area (Å²) in [5.41, 5.74) is 0.763. The summed E-state index contributed by atoms with van der Waals surface area (Å²) in [5, 5.41) is 23.2. The van der Waals surface area contributed by atoms with Crippen molar-refractivity contribution in [3.63, 3.8) is 0 Å². The van der Waals surface area contributed by atoms with Gasteiger partial charge in [0, 0.05) is 6.42 Å². The van der Waals surface area contributed by atoms with Gasteiger partial charge in [0.15, 0.2) is 0 Å². The number of esters is 1. The molecular formula is C19H25N3O6. The summed E-state index contributed by atoms with van der Waals surface area (Å²) < 4.78 is 9.68. The van der Waals surface area contributed by atoms with Crippen LogP contribution in [-0.4, -0.2) is 48.4 Å². The average molecular weight is 391 g/mol. The van der Waals surface area contributed by atoms with Gasteiger partial charge in [-0.15, -0.1) is 0 Å². The van der Waals surface area contributed by atoms with Crippen LogP contribution in [0.3, 0.4) is 0 Å². The second kappa shape index (κ2) is 12.3. The molecular weight excluding hydrogens is 366 g/mol. The molecule has 0 saturated carbocycles. The number of aliphatic hydroxyl groups is 1. The Morgan fingerprint density at radius 3 is 2.46 bits per heavy atom. The van der Waals surface area contributed by atoms with Crippen molar-refractivity contribution in [2.45, 2.75) is 51.0 Å². The summed E-state index contributed by atoms with van der Waals surface area (Å²) in [4.78, 5) is 36.2. The molecule has 0 fully saturated rings. The second-order valence-corrected chi connectivity index (χ2v) is 6.06. The summed E-state index contributed by atoms with van der Waals surface area (Å²) in [7, 11) is 1.18. The molecule has 28 heavy (non-hydrogen) atoms. The number of aliphatic hydroxyl groups excluding tert-OH is 1. The highest BCUT2D eigenvalue weighted by Crippen LogP contribution is 2.05. The first kappa shape index (κ1) is 22.9. The second-order valence-electron chi connectivity index (χ2n) is 6.06. The lowest BCUT2D eigenvalue weighted by Crippen LogP contribution is -2.55. The SMILES string of the molecule is COC(=O)[C@@H](CCCC#N)NC(=O)[C@@H](NC(=O)OCc1ccccc1)[C@@H](C)O. The minimum Gasteiger partial charge on any atom is -0.467 e. The van der Waals surface area contributed by atoms with Crippen molar-refractivity contribution in [1.82, 2.24) is 10.6 Å². The zero-order valence-electron chi connectivity index (χ0n) is 15.9. The van der Waals surface area contributed by atoms with Gasteiger partial charge >= 0.3 is 12.1 Å². The fourth-order valence-corrected chi connectivity index (χ4v) is 2.33. The Morgan fingerprint density at radius 2 is 1.89 bits per heavy atom. The highest BCUT2D eigenvalue weighted by molar-refractivity contribution is 5.90. The minimum absolute atomic E-state index is 0.000231. The lowest BCUT2D eigenvalue weighted by Gasteiger charge is -2.23. The molecule has 1 rings (SSSR count). The largest absolute Gasteiger partial charge is 0.467 e. The molecule has 1 aromatic carbocycles. The number of rotatable bonds is 10. The van der Waals surface area contributed by atoms with Crippen LogP contribution in [0.25, 0.3) is 0 Å². The van der Waals surface area contributed by atoms with Gasteiger partial charge in [0.05, 0.1) is 19.3 Å². The number of hydrogen-bond acceptors (Lipinski definition) is 7. The van der Waals surface area contributed by atoms with Gasteiger partial charge in [0.2, 0.25) is 5.91 Å². The monoisotopic (exact) mass is 391 g/mol. The lowest BCUT2D eigenvalue weighted by molar-refractivity contribution is -0.145. The standard InChI is InChI=1S/C19H25N3O6/c1-13(23)16(22-19(26)28-12-14-8-4-3-5-9-14)17(24)21-15(18(25)27-2)10-6-7-11-20/h3-5,8-9,13,15-16,23H,6-7,10,12H2,1-2H3,(H,21,24)(H,22,26)/t13-,15-,16+/m1/s1. The maximum atomic E-state index is 12.4. The normalized spacial score (nSPS) is 13.4. The van der Waals surface area contributed by atoms with Crippen LogP contribution in [-0.2, 0) is 25.7 Å². The molecule has 1 aromatic rings. The Morgan fingerprint density at radius 1 is 1.21 bits per heavy atom. The Labute approximate surface area is 163 Å². The Kier molecular flexibility index (Phi) is 10.1. The summed E-state index contributed by atoms with van der Waals surface area (Å²) >= 11 is 0. The van der Waals surface area contributed by atoms with Gasteiger partial charge < -0.3 is 25.2 Å². The molecule has 2 amide bonds. The van der Waals surface area contributed by atoms with E-state index in [4.69, 9.17) is 10.00 Å². The third kappa shape index (κ3) is 8.05. The van der Waals surface area contributed by atoms with E-state index in [0.717, 1.165) is 5.56 Å². The molecule has 0 aromatic heterocycles. The predicted molar refractivity (Wildman–Crippen MR) is 98.6 cm³/mol. The van der Waals surface area contributed by atoms with E-state index in [1.54, 1.807) is 24.3 Å². The molecule has 9 nitrogen and oxygen atoms in total. The number of unbranched alkanes of at least 4 members (excludes halogenated alkanes) is 1. The van der Waals surface area contributed by atoms with Crippen molar-refractivity contribution in [3.8, 4) is 6.07 Å². The zero-order chi connectivity index (χ0) is 20.9. The number of nitrogens with one attached hydrogen (secondary N) is 2. The highest BCUT2D eigenvalue weighted by atomic mass is 16.5. The number of ether oxygens (including phenoxy) is 2. The number of benzene rings is 1. The lowest BCUT2D eigenvalue weighted by atomic mass is 10.1. The number of alkyl carbamates (subject to hydrolysis) is 1. The maximum Gasteiger partial charge on any atom is 0.408 e. The van der Waals surface area contributed by atoms with Gasteiger partial charge in [-0.3, -0.25) is 4.79 Å². The third-order valence-electron chi connectivity index (χ3n) is 3.83. The van der Waals surface area contributed by atoms with Crippen molar-refractivity contribution >= 4 is 18.0 Å². The first-order valence-electron chi connectivity index (χ1n) is 8.79.